The summed E-state index contributed by atoms with van der Waals surface area (Å²) in [6.07, 6.45) is 4.53. The van der Waals surface area contributed by atoms with Crippen molar-refractivity contribution in [3.05, 3.63) is 60.4 Å². The van der Waals surface area contributed by atoms with Crippen molar-refractivity contribution in [2.24, 2.45) is 0 Å². The fraction of sp³-hybridized carbons (Fsp3) is 0.190. The second kappa shape index (κ2) is 7.34. The maximum Gasteiger partial charge on any atom is 0.145 e. The monoisotopic (exact) mass is 357 g/mol. The van der Waals surface area contributed by atoms with Crippen molar-refractivity contribution in [3.8, 4) is 11.8 Å². The number of nitrogens with one attached hydrogen (secondary N) is 1. The number of para-hydroxylation sites is 1. The highest BCUT2D eigenvalue weighted by Crippen LogP contribution is 2.31. The lowest BCUT2D eigenvalue weighted by atomic mass is 10.1. The summed E-state index contributed by atoms with van der Waals surface area (Å²) < 4.78 is 7.35. The molecule has 2 heterocycles. The van der Waals surface area contributed by atoms with E-state index in [1.165, 1.54) is 0 Å². The number of hydrogen-bond acceptors (Lipinski definition) is 5. The summed E-state index contributed by atoms with van der Waals surface area (Å²) in [5, 5.41) is 19.5. The number of ether oxygens (including phenoxy) is 1. The highest BCUT2D eigenvalue weighted by molar-refractivity contribution is 5.97. The Morgan fingerprint density at radius 3 is 2.89 bits per heavy atom. The van der Waals surface area contributed by atoms with Gasteiger partial charge in [0.05, 0.1) is 23.9 Å². The molecule has 27 heavy (non-hydrogen) atoms. The van der Waals surface area contributed by atoms with Gasteiger partial charge in [-0.05, 0) is 18.6 Å². The molecular weight excluding hydrogens is 338 g/mol. The number of nitrogens with zero attached hydrogens (tertiary/aromatic N) is 4. The molecule has 0 bridgehead atoms. The number of benzene rings is 2. The van der Waals surface area contributed by atoms with Crippen LogP contribution in [-0.4, -0.2) is 28.4 Å². The van der Waals surface area contributed by atoms with E-state index in [0.29, 0.717) is 11.3 Å². The van der Waals surface area contributed by atoms with Gasteiger partial charge in [-0.1, -0.05) is 30.3 Å². The Bertz CT molecular complexity index is 1110. The molecule has 4 aromatic rings. The quantitative estimate of drug-likeness (QED) is 0.529. The summed E-state index contributed by atoms with van der Waals surface area (Å²) in [4.78, 5) is 4.38. The lowest BCUT2D eigenvalue weighted by molar-refractivity contribution is 0.419. The summed E-state index contributed by atoms with van der Waals surface area (Å²) >= 11 is 0. The second-order valence-electron chi connectivity index (χ2n) is 6.25. The molecule has 1 N–H and O–H groups in total. The first kappa shape index (κ1) is 16.9. The first-order valence-electron chi connectivity index (χ1n) is 8.82. The molecule has 6 heteroatoms. The van der Waals surface area contributed by atoms with Crippen LogP contribution in [0.1, 0.15) is 12.0 Å². The molecule has 2 aromatic heterocycles. The molecule has 0 saturated heterocycles. The maximum atomic E-state index is 9.44. The van der Waals surface area contributed by atoms with E-state index in [1.807, 2.05) is 41.1 Å². The summed E-state index contributed by atoms with van der Waals surface area (Å²) in [7, 11) is 1.62. The highest BCUT2D eigenvalue weighted by Gasteiger charge is 2.11. The van der Waals surface area contributed by atoms with Crippen molar-refractivity contribution >= 4 is 27.5 Å². The molecule has 2 aromatic carbocycles. The smallest absolute Gasteiger partial charge is 0.145 e. The van der Waals surface area contributed by atoms with Crippen LogP contribution in [-0.2, 0) is 6.54 Å². The third kappa shape index (κ3) is 3.27. The van der Waals surface area contributed by atoms with Crippen molar-refractivity contribution in [2.45, 2.75) is 13.0 Å². The SMILES string of the molecule is COc1cccc2c(NCCCn3cc4ccccc4n3)c(C#N)cnc12. The minimum Gasteiger partial charge on any atom is -0.494 e. The van der Waals surface area contributed by atoms with E-state index in [0.717, 1.165) is 47.0 Å². The number of pyridine rings is 1. The number of nitriles is 1. The van der Waals surface area contributed by atoms with E-state index in [9.17, 15) is 5.26 Å². The van der Waals surface area contributed by atoms with E-state index >= 15 is 0 Å². The molecule has 4 rings (SSSR count). The van der Waals surface area contributed by atoms with Gasteiger partial charge in [-0.2, -0.15) is 10.4 Å². The Kier molecular flexibility index (Phi) is 4.58. The number of aryl methyl sites for hydroxylation is 1. The predicted molar refractivity (Wildman–Crippen MR) is 106 cm³/mol. The van der Waals surface area contributed by atoms with Gasteiger partial charge < -0.3 is 10.1 Å². The van der Waals surface area contributed by atoms with Gasteiger partial charge in [0.2, 0.25) is 0 Å². The second-order valence-corrected chi connectivity index (χ2v) is 6.25. The largest absolute Gasteiger partial charge is 0.494 e. The Balaban J connectivity index is 1.50. The highest BCUT2D eigenvalue weighted by atomic mass is 16.5. The molecule has 134 valence electrons. The minimum atomic E-state index is 0.528. The standard InChI is InChI=1S/C21H19N5O/c1-27-19-9-4-7-17-20(16(12-22)13-24-21(17)19)23-10-5-11-26-14-15-6-2-3-8-18(15)25-26/h2-4,6-9,13-14H,5,10-11H2,1H3,(H,23,24). The molecule has 0 saturated carbocycles. The average Bonchev–Trinajstić information content (AvgIpc) is 3.13. The lowest BCUT2D eigenvalue weighted by Crippen LogP contribution is -2.09. The van der Waals surface area contributed by atoms with Crippen molar-refractivity contribution in [1.82, 2.24) is 14.8 Å². The molecule has 0 aliphatic rings. The third-order valence-electron chi connectivity index (χ3n) is 4.53. The van der Waals surface area contributed by atoms with Crippen LogP contribution < -0.4 is 10.1 Å². The first-order valence-corrected chi connectivity index (χ1v) is 8.82. The number of anilines is 1. The summed E-state index contributed by atoms with van der Waals surface area (Å²) in [6, 6.07) is 16.0. The Morgan fingerprint density at radius 2 is 2.07 bits per heavy atom. The molecule has 0 aliphatic carbocycles. The summed E-state index contributed by atoms with van der Waals surface area (Å²) in [5.74, 6) is 0.697. The van der Waals surface area contributed by atoms with E-state index < -0.39 is 0 Å². The fourth-order valence-electron chi connectivity index (χ4n) is 3.22. The van der Waals surface area contributed by atoms with E-state index in [4.69, 9.17) is 4.74 Å². The van der Waals surface area contributed by atoms with Gasteiger partial charge in [0, 0.05) is 36.3 Å². The van der Waals surface area contributed by atoms with Gasteiger partial charge in [0.1, 0.15) is 17.3 Å². The van der Waals surface area contributed by atoms with Crippen LogP contribution in [0.25, 0.3) is 21.8 Å². The molecule has 0 unspecified atom stereocenters. The topological polar surface area (TPSA) is 75.8 Å². The van der Waals surface area contributed by atoms with Crippen LogP contribution in [0.2, 0.25) is 0 Å². The number of fused-ring (bicyclic) bond motifs is 2. The summed E-state index contributed by atoms with van der Waals surface area (Å²) in [6.45, 7) is 1.52. The van der Waals surface area contributed by atoms with Crippen molar-refractivity contribution in [3.63, 3.8) is 0 Å². The average molecular weight is 357 g/mol. The van der Waals surface area contributed by atoms with Gasteiger partial charge in [-0.15, -0.1) is 0 Å². The zero-order valence-electron chi connectivity index (χ0n) is 15.0. The van der Waals surface area contributed by atoms with Gasteiger partial charge in [-0.3, -0.25) is 9.67 Å². The van der Waals surface area contributed by atoms with Crippen LogP contribution in [0.15, 0.2) is 54.9 Å². The van der Waals surface area contributed by atoms with Gasteiger partial charge in [-0.25, -0.2) is 0 Å². The first-order chi connectivity index (χ1) is 13.3. The predicted octanol–water partition coefficient (Wildman–Crippen LogP) is 3.97. The molecule has 0 atom stereocenters. The number of hydrogen-bond donors (Lipinski definition) is 1. The molecular formula is C21H19N5O. The Labute approximate surface area is 157 Å². The van der Waals surface area contributed by atoms with Gasteiger partial charge in [0.25, 0.3) is 0 Å². The van der Waals surface area contributed by atoms with Crippen molar-refractivity contribution < 1.29 is 4.74 Å². The lowest BCUT2D eigenvalue weighted by Gasteiger charge is -2.13. The van der Waals surface area contributed by atoms with Crippen LogP contribution in [0.3, 0.4) is 0 Å². The van der Waals surface area contributed by atoms with Crippen LogP contribution in [0.5, 0.6) is 5.75 Å². The van der Waals surface area contributed by atoms with Gasteiger partial charge in [0.15, 0.2) is 0 Å². The van der Waals surface area contributed by atoms with Crippen LogP contribution in [0.4, 0.5) is 5.69 Å². The molecule has 6 nitrogen and oxygen atoms in total. The number of aromatic nitrogens is 3. The van der Waals surface area contributed by atoms with Crippen molar-refractivity contribution in [2.75, 3.05) is 19.0 Å². The number of rotatable bonds is 6. The van der Waals surface area contributed by atoms with E-state index in [1.54, 1.807) is 13.3 Å². The van der Waals surface area contributed by atoms with Crippen LogP contribution in [0, 0.1) is 11.3 Å². The number of methoxy groups -OCH3 is 1. The Hall–Kier alpha value is -3.59. The Morgan fingerprint density at radius 1 is 1.19 bits per heavy atom. The molecule has 0 fully saturated rings. The van der Waals surface area contributed by atoms with Crippen LogP contribution >= 0.6 is 0 Å². The molecule has 0 amide bonds. The normalized spacial score (nSPS) is 10.8. The van der Waals surface area contributed by atoms with Crippen molar-refractivity contribution in [1.29, 1.82) is 5.26 Å². The zero-order chi connectivity index (χ0) is 18.6. The minimum absolute atomic E-state index is 0.528. The third-order valence-corrected chi connectivity index (χ3v) is 4.53. The van der Waals surface area contributed by atoms with E-state index in [-0.39, 0.29) is 0 Å². The molecule has 0 spiro atoms. The fourth-order valence-corrected chi connectivity index (χ4v) is 3.22. The molecule has 0 radical (unpaired) electrons. The van der Waals surface area contributed by atoms with E-state index in [2.05, 4.69) is 33.7 Å². The molecule has 0 aliphatic heterocycles. The van der Waals surface area contributed by atoms with Gasteiger partial charge >= 0.3 is 0 Å². The summed E-state index contributed by atoms with van der Waals surface area (Å²) in [5.41, 5.74) is 3.08. The maximum absolute atomic E-state index is 9.44. The zero-order valence-corrected chi connectivity index (χ0v) is 15.0.